The van der Waals surface area contributed by atoms with Gasteiger partial charge in [0, 0.05) is 5.75 Å². The molecular weight excluding hydrogens is 196 g/mol. The number of hydrogen-bond acceptors (Lipinski definition) is 2. The summed E-state index contributed by atoms with van der Waals surface area (Å²) < 4.78 is 0. The van der Waals surface area contributed by atoms with Gasteiger partial charge in [0.2, 0.25) is 0 Å². The largest absolute Gasteiger partial charge is 0.481 e. The topological polar surface area (TPSA) is 37.3 Å². The van der Waals surface area contributed by atoms with Crippen LogP contribution in [0.15, 0.2) is 30.3 Å². The van der Waals surface area contributed by atoms with Gasteiger partial charge in [-0.1, -0.05) is 36.4 Å². The fourth-order valence-electron chi connectivity index (χ4n) is 1.09. The zero-order valence-corrected chi connectivity index (χ0v) is 8.58. The predicted octanol–water partition coefficient (Wildman–Crippen LogP) is 2.60. The Labute approximate surface area is 88.7 Å². The van der Waals surface area contributed by atoms with Gasteiger partial charge in [-0.25, -0.2) is 0 Å². The second-order valence-corrected chi connectivity index (χ2v) is 3.22. The molecule has 0 bridgehead atoms. The Hall–Kier alpha value is -1.22. The zero-order chi connectivity index (χ0) is 10.4. The highest BCUT2D eigenvalue weighted by molar-refractivity contribution is 7.79. The highest BCUT2D eigenvalue weighted by atomic mass is 32.1. The number of thiol groups is 1. The van der Waals surface area contributed by atoms with Crippen molar-refractivity contribution in [3.63, 3.8) is 0 Å². The molecule has 1 aromatic rings. The molecule has 74 valence electrons. The Morgan fingerprint density at radius 3 is 2.93 bits per heavy atom. The smallest absolute Gasteiger partial charge is 0.307 e. The molecule has 0 radical (unpaired) electrons. The molecule has 2 nitrogen and oxygen atoms in total. The Morgan fingerprint density at radius 2 is 2.29 bits per heavy atom. The molecule has 0 fully saturated rings. The van der Waals surface area contributed by atoms with Gasteiger partial charge in [-0.3, -0.25) is 4.79 Å². The fourth-order valence-corrected chi connectivity index (χ4v) is 1.29. The van der Waals surface area contributed by atoms with E-state index < -0.39 is 5.97 Å². The van der Waals surface area contributed by atoms with Crippen molar-refractivity contribution in [1.29, 1.82) is 0 Å². The van der Waals surface area contributed by atoms with Gasteiger partial charge in [0.15, 0.2) is 0 Å². The van der Waals surface area contributed by atoms with Gasteiger partial charge in [-0.15, -0.1) is 0 Å². The van der Waals surface area contributed by atoms with Crippen molar-refractivity contribution in [3.8, 4) is 0 Å². The molecule has 0 aliphatic carbocycles. The van der Waals surface area contributed by atoms with Crippen molar-refractivity contribution in [3.05, 3.63) is 41.5 Å². The van der Waals surface area contributed by atoms with Gasteiger partial charge in [0.05, 0.1) is 6.42 Å². The molecule has 0 aromatic heterocycles. The first-order valence-corrected chi connectivity index (χ1v) is 4.94. The molecule has 14 heavy (non-hydrogen) atoms. The number of carbonyl (C=O) groups is 1. The lowest BCUT2D eigenvalue weighted by Gasteiger charge is -1.97. The third-order valence-electron chi connectivity index (χ3n) is 1.74. The van der Waals surface area contributed by atoms with Crippen LogP contribution in [0.2, 0.25) is 0 Å². The average Bonchev–Trinajstić information content (AvgIpc) is 2.18. The lowest BCUT2D eigenvalue weighted by molar-refractivity contribution is -0.135. The van der Waals surface area contributed by atoms with Crippen LogP contribution in [0.25, 0.3) is 6.08 Å². The van der Waals surface area contributed by atoms with E-state index in [1.807, 2.05) is 24.3 Å². The molecule has 0 heterocycles. The van der Waals surface area contributed by atoms with E-state index in [0.717, 1.165) is 11.1 Å². The van der Waals surface area contributed by atoms with E-state index in [4.69, 9.17) is 5.11 Å². The second-order valence-electron chi connectivity index (χ2n) is 2.90. The Bertz CT molecular complexity index is 345. The number of aliphatic carboxylic acids is 1. The van der Waals surface area contributed by atoms with Crippen LogP contribution >= 0.6 is 12.6 Å². The number of rotatable bonds is 4. The summed E-state index contributed by atoms with van der Waals surface area (Å²) in [7, 11) is 0. The maximum Gasteiger partial charge on any atom is 0.307 e. The van der Waals surface area contributed by atoms with E-state index in [-0.39, 0.29) is 6.42 Å². The van der Waals surface area contributed by atoms with Crippen molar-refractivity contribution in [2.24, 2.45) is 0 Å². The summed E-state index contributed by atoms with van der Waals surface area (Å²) in [5.74, 6) is -0.118. The van der Waals surface area contributed by atoms with Gasteiger partial charge >= 0.3 is 5.97 Å². The first kappa shape index (κ1) is 10.9. The molecule has 1 rings (SSSR count). The Kier molecular flexibility index (Phi) is 4.26. The van der Waals surface area contributed by atoms with Crippen LogP contribution in [0.1, 0.15) is 17.5 Å². The summed E-state index contributed by atoms with van der Waals surface area (Å²) in [5.41, 5.74) is 2.14. The number of carboxylic acid groups (broad SMARTS) is 1. The van der Waals surface area contributed by atoms with Crippen molar-refractivity contribution in [2.45, 2.75) is 12.2 Å². The molecule has 0 spiro atoms. The maximum atomic E-state index is 10.2. The molecule has 0 aliphatic heterocycles. The van der Waals surface area contributed by atoms with Gasteiger partial charge in [-0.2, -0.15) is 12.6 Å². The van der Waals surface area contributed by atoms with E-state index in [1.54, 1.807) is 12.2 Å². The molecule has 0 atom stereocenters. The maximum absolute atomic E-state index is 10.2. The summed E-state index contributed by atoms with van der Waals surface area (Å²) in [4.78, 5) is 10.2. The van der Waals surface area contributed by atoms with E-state index in [1.165, 1.54) is 0 Å². The predicted molar refractivity (Wildman–Crippen MR) is 60.4 cm³/mol. The van der Waals surface area contributed by atoms with Crippen LogP contribution in [0.5, 0.6) is 0 Å². The number of benzene rings is 1. The lowest BCUT2D eigenvalue weighted by Crippen LogP contribution is -1.89. The van der Waals surface area contributed by atoms with E-state index in [2.05, 4.69) is 12.6 Å². The van der Waals surface area contributed by atoms with Gasteiger partial charge < -0.3 is 5.11 Å². The van der Waals surface area contributed by atoms with E-state index >= 15 is 0 Å². The van der Waals surface area contributed by atoms with E-state index in [0.29, 0.717) is 5.75 Å². The van der Waals surface area contributed by atoms with E-state index in [9.17, 15) is 4.79 Å². The molecule has 0 aliphatic rings. The molecule has 1 aromatic carbocycles. The summed E-state index contributed by atoms with van der Waals surface area (Å²) in [6.45, 7) is 0. The van der Waals surface area contributed by atoms with Crippen molar-refractivity contribution in [1.82, 2.24) is 0 Å². The average molecular weight is 208 g/mol. The van der Waals surface area contributed by atoms with Crippen molar-refractivity contribution < 1.29 is 9.90 Å². The van der Waals surface area contributed by atoms with Gasteiger partial charge in [0.25, 0.3) is 0 Å². The number of hydrogen-bond donors (Lipinski definition) is 2. The van der Waals surface area contributed by atoms with Crippen LogP contribution in [0, 0.1) is 0 Å². The SMILES string of the molecule is O=C(O)CC=Cc1cccc(CS)c1. The summed E-state index contributed by atoms with van der Waals surface area (Å²) in [5, 5.41) is 8.43. The van der Waals surface area contributed by atoms with Crippen LogP contribution in [-0.2, 0) is 10.5 Å². The Balaban J connectivity index is 2.66. The molecule has 0 saturated carbocycles. The summed E-state index contributed by atoms with van der Waals surface area (Å²) >= 11 is 4.16. The quantitative estimate of drug-likeness (QED) is 0.746. The Morgan fingerprint density at radius 1 is 1.50 bits per heavy atom. The van der Waals surface area contributed by atoms with Crippen LogP contribution in [0.4, 0.5) is 0 Å². The highest BCUT2D eigenvalue weighted by Gasteiger charge is 1.92. The standard InChI is InChI=1S/C11H12O2S/c12-11(13)6-2-4-9-3-1-5-10(7-9)8-14/h1-5,7,14H,6,8H2,(H,12,13). The molecule has 0 amide bonds. The van der Waals surface area contributed by atoms with Gasteiger partial charge in [-0.05, 0) is 11.1 Å². The first-order valence-electron chi connectivity index (χ1n) is 4.30. The minimum atomic E-state index is -0.813. The third kappa shape index (κ3) is 3.66. The first-order chi connectivity index (χ1) is 6.72. The third-order valence-corrected chi connectivity index (χ3v) is 2.10. The van der Waals surface area contributed by atoms with Crippen LogP contribution < -0.4 is 0 Å². The van der Waals surface area contributed by atoms with Crippen molar-refractivity contribution in [2.75, 3.05) is 0 Å². The van der Waals surface area contributed by atoms with Crippen molar-refractivity contribution >= 4 is 24.7 Å². The normalized spacial score (nSPS) is 10.6. The minimum absolute atomic E-state index is 0.0606. The monoisotopic (exact) mass is 208 g/mol. The number of carboxylic acids is 1. The summed E-state index contributed by atoms with van der Waals surface area (Å²) in [6, 6.07) is 7.85. The fraction of sp³-hybridized carbons (Fsp3) is 0.182. The zero-order valence-electron chi connectivity index (χ0n) is 7.68. The summed E-state index contributed by atoms with van der Waals surface area (Å²) in [6.07, 6.45) is 3.51. The molecule has 0 unspecified atom stereocenters. The highest BCUT2D eigenvalue weighted by Crippen LogP contribution is 2.09. The molecular formula is C11H12O2S. The molecule has 3 heteroatoms. The van der Waals surface area contributed by atoms with Gasteiger partial charge in [0.1, 0.15) is 0 Å². The minimum Gasteiger partial charge on any atom is -0.481 e. The second kappa shape index (κ2) is 5.50. The van der Waals surface area contributed by atoms with Crippen LogP contribution in [0.3, 0.4) is 0 Å². The van der Waals surface area contributed by atoms with Crippen LogP contribution in [-0.4, -0.2) is 11.1 Å². The lowest BCUT2D eigenvalue weighted by atomic mass is 10.1. The molecule has 1 N–H and O–H groups in total. The molecule has 0 saturated heterocycles.